The Morgan fingerprint density at radius 1 is 1.03 bits per heavy atom. The van der Waals surface area contributed by atoms with E-state index in [4.69, 9.17) is 4.74 Å². The maximum absolute atomic E-state index is 12.1. The molecule has 146 valence electrons. The second-order valence-corrected chi connectivity index (χ2v) is 7.17. The first-order valence-electron chi connectivity index (χ1n) is 9.74. The highest BCUT2D eigenvalue weighted by Crippen LogP contribution is 2.32. The van der Waals surface area contributed by atoms with E-state index in [1.807, 2.05) is 30.3 Å². The van der Waals surface area contributed by atoms with Crippen LogP contribution in [0.25, 0.3) is 11.1 Å². The highest BCUT2D eigenvalue weighted by molar-refractivity contribution is 5.95. The minimum atomic E-state index is -0.131. The van der Waals surface area contributed by atoms with Crippen LogP contribution >= 0.6 is 0 Å². The van der Waals surface area contributed by atoms with Gasteiger partial charge in [0.05, 0.1) is 5.69 Å². The number of pyridine rings is 1. The molecule has 2 aromatic carbocycles. The Labute approximate surface area is 169 Å². The smallest absolute Gasteiger partial charge is 0.262 e. The minimum Gasteiger partial charge on any atom is -0.482 e. The number of hydrogen-bond acceptors (Lipinski definition) is 4. The molecule has 0 unspecified atom stereocenters. The van der Waals surface area contributed by atoms with E-state index >= 15 is 0 Å². The number of Topliss-reactive ketones (excluding diaryl/α,β-unsaturated/α-hetero) is 1. The molecule has 0 fully saturated rings. The summed E-state index contributed by atoms with van der Waals surface area (Å²) >= 11 is 0. The van der Waals surface area contributed by atoms with Gasteiger partial charge in [0.2, 0.25) is 0 Å². The van der Waals surface area contributed by atoms with Crippen molar-refractivity contribution in [2.75, 3.05) is 11.9 Å². The molecule has 1 N–H and O–H groups in total. The first-order chi connectivity index (χ1) is 14.2. The summed E-state index contributed by atoms with van der Waals surface area (Å²) in [6.45, 7) is 0.0505. The Morgan fingerprint density at radius 2 is 1.86 bits per heavy atom. The lowest BCUT2D eigenvalue weighted by atomic mass is 9.99. The average Bonchev–Trinajstić information content (AvgIpc) is 2.74. The number of carbonyl (C=O) groups excluding carboxylic acids is 2. The Kier molecular flexibility index (Phi) is 5.66. The number of aromatic nitrogens is 1. The number of hydrogen-bond donors (Lipinski definition) is 1. The molecule has 2 heterocycles. The van der Waals surface area contributed by atoms with Gasteiger partial charge >= 0.3 is 0 Å². The maximum Gasteiger partial charge on any atom is 0.262 e. The number of anilines is 1. The van der Waals surface area contributed by atoms with Crippen LogP contribution in [0.15, 0.2) is 67.0 Å². The Morgan fingerprint density at radius 3 is 2.66 bits per heavy atom. The van der Waals surface area contributed by atoms with E-state index in [9.17, 15) is 9.59 Å². The van der Waals surface area contributed by atoms with Crippen LogP contribution in [-0.2, 0) is 22.4 Å². The fourth-order valence-corrected chi connectivity index (χ4v) is 3.43. The third-order valence-electron chi connectivity index (χ3n) is 4.95. The molecule has 29 heavy (non-hydrogen) atoms. The van der Waals surface area contributed by atoms with Gasteiger partial charge in [-0.3, -0.25) is 14.6 Å². The fourth-order valence-electron chi connectivity index (χ4n) is 3.43. The summed E-state index contributed by atoms with van der Waals surface area (Å²) in [4.78, 5) is 27.5. The second kappa shape index (κ2) is 8.69. The number of fused-ring (bicyclic) bond motifs is 1. The normalized spacial score (nSPS) is 12.6. The maximum atomic E-state index is 12.1. The van der Waals surface area contributed by atoms with Gasteiger partial charge in [0, 0.05) is 25.2 Å². The van der Waals surface area contributed by atoms with Crippen molar-refractivity contribution in [1.82, 2.24) is 4.98 Å². The number of nitrogens with zero attached hydrogens (tertiary/aromatic N) is 1. The average molecular weight is 386 g/mol. The van der Waals surface area contributed by atoms with Gasteiger partial charge in [0.1, 0.15) is 11.5 Å². The van der Waals surface area contributed by atoms with Crippen LogP contribution in [0.2, 0.25) is 0 Å². The molecule has 0 saturated heterocycles. The van der Waals surface area contributed by atoms with Crippen LogP contribution < -0.4 is 10.1 Å². The SMILES string of the molecule is O=C(CCCc1ccc(-c2ccc3c(c2)OCC(=O)N3)cc1)Cc1cccnc1. The van der Waals surface area contributed by atoms with Gasteiger partial charge in [-0.05, 0) is 53.3 Å². The van der Waals surface area contributed by atoms with E-state index in [1.54, 1.807) is 12.4 Å². The van der Waals surface area contributed by atoms with Crippen LogP contribution in [0.3, 0.4) is 0 Å². The molecule has 0 atom stereocenters. The predicted octanol–water partition coefficient (Wildman–Crippen LogP) is 4.21. The second-order valence-electron chi connectivity index (χ2n) is 7.17. The van der Waals surface area contributed by atoms with Crippen LogP contribution in [0, 0.1) is 0 Å². The van der Waals surface area contributed by atoms with Gasteiger partial charge in [-0.25, -0.2) is 0 Å². The van der Waals surface area contributed by atoms with Gasteiger partial charge in [0.15, 0.2) is 6.61 Å². The molecule has 0 spiro atoms. The van der Waals surface area contributed by atoms with Gasteiger partial charge < -0.3 is 10.1 Å². The molecule has 1 aliphatic rings. The summed E-state index contributed by atoms with van der Waals surface area (Å²) in [6, 6.07) is 17.9. The van der Waals surface area contributed by atoms with E-state index < -0.39 is 0 Å². The number of benzene rings is 2. The molecule has 1 amide bonds. The number of amides is 1. The number of ketones is 1. The van der Waals surface area contributed by atoms with Gasteiger partial charge in [0.25, 0.3) is 5.91 Å². The molecule has 5 nitrogen and oxygen atoms in total. The molecule has 4 rings (SSSR count). The molecular weight excluding hydrogens is 364 g/mol. The van der Waals surface area contributed by atoms with Crippen LogP contribution in [0.5, 0.6) is 5.75 Å². The zero-order valence-electron chi connectivity index (χ0n) is 16.1. The van der Waals surface area contributed by atoms with E-state index in [0.717, 1.165) is 29.5 Å². The number of nitrogens with one attached hydrogen (secondary N) is 1. The van der Waals surface area contributed by atoms with E-state index in [1.165, 1.54) is 5.56 Å². The highest BCUT2D eigenvalue weighted by Gasteiger charge is 2.16. The highest BCUT2D eigenvalue weighted by atomic mass is 16.5. The molecule has 1 aromatic heterocycles. The molecule has 0 aliphatic carbocycles. The Bertz CT molecular complexity index is 1010. The lowest BCUT2D eigenvalue weighted by molar-refractivity contribution is -0.119. The van der Waals surface area contributed by atoms with Gasteiger partial charge in [-0.1, -0.05) is 36.4 Å². The summed E-state index contributed by atoms with van der Waals surface area (Å²) in [5.41, 5.74) is 5.01. The molecule has 0 bridgehead atoms. The first-order valence-corrected chi connectivity index (χ1v) is 9.74. The number of aryl methyl sites for hydroxylation is 1. The zero-order valence-corrected chi connectivity index (χ0v) is 16.1. The largest absolute Gasteiger partial charge is 0.482 e. The molecule has 0 radical (unpaired) electrons. The topological polar surface area (TPSA) is 68.3 Å². The van der Waals surface area contributed by atoms with E-state index in [-0.39, 0.29) is 18.3 Å². The van der Waals surface area contributed by atoms with Crippen molar-refractivity contribution >= 4 is 17.4 Å². The van der Waals surface area contributed by atoms with E-state index in [2.05, 4.69) is 34.6 Å². The number of rotatable bonds is 7. The van der Waals surface area contributed by atoms with Crippen molar-refractivity contribution in [2.24, 2.45) is 0 Å². The van der Waals surface area contributed by atoms with Crippen LogP contribution in [0.1, 0.15) is 24.0 Å². The molecule has 3 aromatic rings. The zero-order chi connectivity index (χ0) is 20.1. The third-order valence-corrected chi connectivity index (χ3v) is 4.95. The van der Waals surface area contributed by atoms with Crippen LogP contribution in [0.4, 0.5) is 5.69 Å². The summed E-state index contributed by atoms with van der Waals surface area (Å²) in [5.74, 6) is 0.808. The standard InChI is InChI=1S/C24H22N2O3/c27-21(13-18-4-2-12-25-15-18)5-1-3-17-6-8-19(9-7-17)20-10-11-22-23(14-20)29-16-24(28)26-22/h2,4,6-12,14-15H,1,3,5,13,16H2,(H,26,28). The minimum absolute atomic E-state index is 0.0505. The Balaban J connectivity index is 1.31. The quantitative estimate of drug-likeness (QED) is 0.660. The molecule has 5 heteroatoms. The van der Waals surface area contributed by atoms with Crippen molar-refractivity contribution in [2.45, 2.75) is 25.7 Å². The molecular formula is C24H22N2O3. The van der Waals surface area contributed by atoms with Crippen molar-refractivity contribution in [3.63, 3.8) is 0 Å². The molecule has 1 aliphatic heterocycles. The summed E-state index contributed by atoms with van der Waals surface area (Å²) < 4.78 is 5.49. The van der Waals surface area contributed by atoms with E-state index in [0.29, 0.717) is 24.3 Å². The van der Waals surface area contributed by atoms with Crippen LogP contribution in [-0.4, -0.2) is 23.3 Å². The Hall–Kier alpha value is -3.47. The number of ether oxygens (including phenoxy) is 1. The van der Waals surface area contributed by atoms with Crippen molar-refractivity contribution in [3.8, 4) is 16.9 Å². The monoisotopic (exact) mass is 386 g/mol. The van der Waals surface area contributed by atoms with Crippen molar-refractivity contribution in [3.05, 3.63) is 78.1 Å². The van der Waals surface area contributed by atoms with Gasteiger partial charge in [-0.2, -0.15) is 0 Å². The third kappa shape index (κ3) is 4.88. The fraction of sp³-hybridized carbons (Fsp3) is 0.208. The lowest BCUT2D eigenvalue weighted by Crippen LogP contribution is -2.25. The van der Waals surface area contributed by atoms with Crippen molar-refractivity contribution < 1.29 is 14.3 Å². The van der Waals surface area contributed by atoms with Gasteiger partial charge in [-0.15, -0.1) is 0 Å². The summed E-state index contributed by atoms with van der Waals surface area (Å²) in [6.07, 6.45) is 6.20. The first kappa shape index (κ1) is 18.9. The predicted molar refractivity (Wildman–Crippen MR) is 112 cm³/mol. The summed E-state index contributed by atoms with van der Waals surface area (Å²) in [5, 5.41) is 2.80. The summed E-state index contributed by atoms with van der Waals surface area (Å²) in [7, 11) is 0. The van der Waals surface area contributed by atoms with Crippen molar-refractivity contribution in [1.29, 1.82) is 0 Å². The lowest BCUT2D eigenvalue weighted by Gasteiger charge is -2.18. The molecule has 0 saturated carbocycles. The number of carbonyl (C=O) groups is 2.